The number of carbonyl (C=O) groups is 1. The Morgan fingerprint density at radius 1 is 1.26 bits per heavy atom. The first-order valence-corrected chi connectivity index (χ1v) is 10.1. The third kappa shape index (κ3) is 4.44. The van der Waals surface area contributed by atoms with Crippen molar-refractivity contribution in [2.45, 2.75) is 19.4 Å². The minimum absolute atomic E-state index is 0.0266. The molecule has 2 aliphatic heterocycles. The first kappa shape index (κ1) is 21.0. The third-order valence-electron chi connectivity index (χ3n) is 5.28. The first-order chi connectivity index (χ1) is 14.9. The molecule has 0 radical (unpaired) electrons. The molecule has 2 aliphatic rings. The molecule has 2 N–H and O–H groups in total. The Kier molecular flexibility index (Phi) is 5.99. The number of nitrogens with one attached hydrogen (secondary N) is 2. The molecule has 160 valence electrons. The van der Waals surface area contributed by atoms with Crippen LogP contribution in [-0.2, 0) is 0 Å². The molecule has 1 aromatic heterocycles. The van der Waals surface area contributed by atoms with E-state index < -0.39 is 11.7 Å². The molecule has 3 heterocycles. The molecule has 1 unspecified atom stereocenters. The average Bonchev–Trinajstić information content (AvgIpc) is 2.77. The van der Waals surface area contributed by atoms with Crippen molar-refractivity contribution in [3.05, 3.63) is 81.9 Å². The minimum Gasteiger partial charge on any atom is -0.376 e. The molecular formula is C22H20ClF2N5O. The van der Waals surface area contributed by atoms with Gasteiger partial charge in [-0.1, -0.05) is 23.2 Å². The van der Waals surface area contributed by atoms with Crippen LogP contribution in [0.25, 0.3) is 0 Å². The molecule has 1 atom stereocenters. The smallest absolute Gasteiger partial charge is 0.258 e. The van der Waals surface area contributed by atoms with Crippen LogP contribution in [-0.4, -0.2) is 36.2 Å². The van der Waals surface area contributed by atoms with Gasteiger partial charge in [0, 0.05) is 31.7 Å². The van der Waals surface area contributed by atoms with Gasteiger partial charge in [0.25, 0.3) is 5.91 Å². The molecule has 6 nitrogen and oxygen atoms in total. The number of anilines is 1. The highest BCUT2D eigenvalue weighted by atomic mass is 35.5. The van der Waals surface area contributed by atoms with E-state index in [0.717, 1.165) is 12.0 Å². The van der Waals surface area contributed by atoms with Crippen LogP contribution < -0.4 is 15.5 Å². The maximum atomic E-state index is 14.2. The normalized spacial score (nSPS) is 18.5. The van der Waals surface area contributed by atoms with Crippen molar-refractivity contribution in [2.24, 2.45) is 4.99 Å². The topological polar surface area (TPSA) is 69.6 Å². The van der Waals surface area contributed by atoms with Crippen LogP contribution in [0.1, 0.15) is 23.7 Å². The number of aliphatic imine (C=N–C) groups is 1. The van der Waals surface area contributed by atoms with Gasteiger partial charge in [-0.15, -0.1) is 0 Å². The van der Waals surface area contributed by atoms with Gasteiger partial charge in [0.15, 0.2) is 11.6 Å². The predicted octanol–water partition coefficient (Wildman–Crippen LogP) is 3.81. The van der Waals surface area contributed by atoms with Gasteiger partial charge >= 0.3 is 0 Å². The minimum atomic E-state index is -0.665. The van der Waals surface area contributed by atoms with Gasteiger partial charge < -0.3 is 15.5 Å². The average molecular weight is 444 g/mol. The third-order valence-corrected chi connectivity index (χ3v) is 5.66. The number of amides is 1. The van der Waals surface area contributed by atoms with Crippen molar-refractivity contribution < 1.29 is 13.6 Å². The van der Waals surface area contributed by atoms with Crippen molar-refractivity contribution in [2.75, 3.05) is 18.0 Å². The number of aromatic nitrogens is 1. The number of pyridine rings is 1. The van der Waals surface area contributed by atoms with Gasteiger partial charge in [0.1, 0.15) is 11.6 Å². The van der Waals surface area contributed by atoms with Crippen LogP contribution in [0.4, 0.5) is 14.6 Å². The van der Waals surface area contributed by atoms with E-state index in [1.54, 1.807) is 24.7 Å². The molecule has 1 amide bonds. The Balaban J connectivity index is 1.44. The molecular weight excluding hydrogens is 424 g/mol. The van der Waals surface area contributed by atoms with Crippen LogP contribution in [0.2, 0.25) is 5.02 Å². The van der Waals surface area contributed by atoms with Crippen LogP contribution in [0.15, 0.2) is 64.7 Å². The molecule has 2 aromatic rings. The van der Waals surface area contributed by atoms with Crippen LogP contribution >= 0.6 is 11.6 Å². The van der Waals surface area contributed by atoms with E-state index in [-0.39, 0.29) is 28.3 Å². The summed E-state index contributed by atoms with van der Waals surface area (Å²) in [6.07, 6.45) is 5.62. The van der Waals surface area contributed by atoms with E-state index >= 15 is 0 Å². The molecule has 0 fully saturated rings. The quantitative estimate of drug-likeness (QED) is 0.705. The molecule has 1 aromatic carbocycles. The fraction of sp³-hybridized carbons (Fsp3) is 0.227. The molecule has 4 rings (SSSR count). The van der Waals surface area contributed by atoms with Crippen LogP contribution in [0.3, 0.4) is 0 Å². The molecule has 0 bridgehead atoms. The first-order valence-electron chi connectivity index (χ1n) is 9.74. The highest BCUT2D eigenvalue weighted by Gasteiger charge is 2.26. The molecule has 0 saturated heterocycles. The summed E-state index contributed by atoms with van der Waals surface area (Å²) in [4.78, 5) is 22.8. The zero-order valence-electron chi connectivity index (χ0n) is 16.7. The number of benzene rings is 1. The number of carbonyl (C=O) groups excluding carboxylic acids is 1. The Labute approximate surface area is 183 Å². The summed E-state index contributed by atoms with van der Waals surface area (Å²) >= 11 is 5.87. The molecule has 0 saturated carbocycles. The standard InChI is InChI=1S/C22H20ClF2N5O/c1-13-7-9-30(21-17(25)6-3-8-26-21)12-15(13)18-10-28-19(11-27-18)29-22(31)14-4-2-5-16(24)20(14)23/h2-6,8,10-11,18,27H,7,9,12H2,1H3,(H,29,31). The lowest BCUT2D eigenvalue weighted by molar-refractivity contribution is 0.0965. The summed E-state index contributed by atoms with van der Waals surface area (Å²) in [6, 6.07) is 6.80. The molecule has 31 heavy (non-hydrogen) atoms. The zero-order chi connectivity index (χ0) is 22.0. The Bertz CT molecular complexity index is 1110. The maximum absolute atomic E-state index is 14.2. The van der Waals surface area contributed by atoms with Crippen molar-refractivity contribution in [3.63, 3.8) is 0 Å². The molecule has 9 heteroatoms. The second-order valence-electron chi connectivity index (χ2n) is 7.29. The SMILES string of the molecule is CC1=C(C2C=NC(NC(=O)c3cccc(F)c3Cl)=CN2)CN(c2ncccc2F)CC1. The summed E-state index contributed by atoms with van der Waals surface area (Å²) < 4.78 is 27.7. The Hall–Kier alpha value is -3.26. The van der Waals surface area contributed by atoms with Gasteiger partial charge in [-0.2, -0.15) is 0 Å². The Morgan fingerprint density at radius 3 is 2.81 bits per heavy atom. The fourth-order valence-electron chi connectivity index (χ4n) is 3.56. The van der Waals surface area contributed by atoms with E-state index in [9.17, 15) is 13.6 Å². The number of nitrogens with zero attached hydrogens (tertiary/aromatic N) is 3. The van der Waals surface area contributed by atoms with Crippen molar-refractivity contribution >= 4 is 29.5 Å². The van der Waals surface area contributed by atoms with E-state index in [1.807, 2.05) is 11.8 Å². The van der Waals surface area contributed by atoms with Gasteiger partial charge in [0.05, 0.1) is 16.6 Å². The van der Waals surface area contributed by atoms with E-state index in [4.69, 9.17) is 11.6 Å². The molecule has 0 aliphatic carbocycles. The Morgan fingerprint density at radius 2 is 2.06 bits per heavy atom. The largest absolute Gasteiger partial charge is 0.376 e. The van der Waals surface area contributed by atoms with Gasteiger partial charge in [-0.3, -0.25) is 4.79 Å². The van der Waals surface area contributed by atoms with Crippen molar-refractivity contribution in [3.8, 4) is 0 Å². The summed E-state index contributed by atoms with van der Waals surface area (Å²) in [5.41, 5.74) is 2.29. The lowest BCUT2D eigenvalue weighted by atomic mass is 9.95. The lowest BCUT2D eigenvalue weighted by Gasteiger charge is -2.34. The van der Waals surface area contributed by atoms with E-state index in [0.29, 0.717) is 18.9 Å². The second-order valence-corrected chi connectivity index (χ2v) is 7.67. The van der Waals surface area contributed by atoms with Gasteiger partial charge in [-0.25, -0.2) is 18.8 Å². The number of hydrogen-bond donors (Lipinski definition) is 2. The predicted molar refractivity (Wildman–Crippen MR) is 116 cm³/mol. The summed E-state index contributed by atoms with van der Waals surface area (Å²) in [5.74, 6) is -0.966. The number of rotatable bonds is 4. The maximum Gasteiger partial charge on any atom is 0.258 e. The van der Waals surface area contributed by atoms with Gasteiger partial charge in [0.2, 0.25) is 0 Å². The fourth-order valence-corrected chi connectivity index (χ4v) is 3.77. The number of hydrogen-bond acceptors (Lipinski definition) is 5. The number of halogens is 3. The van der Waals surface area contributed by atoms with E-state index in [2.05, 4.69) is 20.6 Å². The van der Waals surface area contributed by atoms with E-state index in [1.165, 1.54) is 29.8 Å². The zero-order valence-corrected chi connectivity index (χ0v) is 17.5. The molecule has 0 spiro atoms. The highest BCUT2D eigenvalue weighted by molar-refractivity contribution is 6.34. The second kappa shape index (κ2) is 8.85. The lowest BCUT2D eigenvalue weighted by Crippen LogP contribution is -2.42. The van der Waals surface area contributed by atoms with Crippen LogP contribution in [0, 0.1) is 11.6 Å². The monoisotopic (exact) mass is 443 g/mol. The highest BCUT2D eigenvalue weighted by Crippen LogP contribution is 2.26. The van der Waals surface area contributed by atoms with Crippen molar-refractivity contribution in [1.82, 2.24) is 15.6 Å². The summed E-state index contributed by atoms with van der Waals surface area (Å²) in [6.45, 7) is 3.24. The summed E-state index contributed by atoms with van der Waals surface area (Å²) in [7, 11) is 0. The van der Waals surface area contributed by atoms with Crippen LogP contribution in [0.5, 0.6) is 0 Å². The van der Waals surface area contributed by atoms with Crippen molar-refractivity contribution in [1.29, 1.82) is 0 Å². The van der Waals surface area contributed by atoms with Gasteiger partial charge in [-0.05, 0) is 43.2 Å². The summed E-state index contributed by atoms with van der Waals surface area (Å²) in [5, 5.41) is 5.57.